The number of ether oxygens (including phenoxy) is 3. The summed E-state index contributed by atoms with van der Waals surface area (Å²) < 4.78 is 16.4. The number of carbonyl (C=O) groups is 1. The highest BCUT2D eigenvalue weighted by atomic mass is 16.5. The first kappa shape index (κ1) is 19.6. The number of para-hydroxylation sites is 2. The molecule has 0 unspecified atom stereocenters. The first-order valence-electron chi connectivity index (χ1n) is 8.79. The number of carbonyl (C=O) groups excluding carboxylic acids is 1. The number of benzene rings is 2. The van der Waals surface area contributed by atoms with Crippen LogP contribution in [0.25, 0.3) is 0 Å². The molecular formula is C20H26N2O4. The fourth-order valence-corrected chi connectivity index (χ4v) is 2.30. The van der Waals surface area contributed by atoms with Crippen molar-refractivity contribution in [1.82, 2.24) is 0 Å². The molecule has 0 saturated heterocycles. The average molecular weight is 358 g/mol. The van der Waals surface area contributed by atoms with Gasteiger partial charge in [0.1, 0.15) is 18.1 Å². The van der Waals surface area contributed by atoms with Crippen molar-refractivity contribution in [2.75, 3.05) is 43.6 Å². The third kappa shape index (κ3) is 6.64. The van der Waals surface area contributed by atoms with E-state index in [-0.39, 0.29) is 12.5 Å². The summed E-state index contributed by atoms with van der Waals surface area (Å²) in [6.45, 7) is 6.25. The van der Waals surface area contributed by atoms with Crippen molar-refractivity contribution in [1.29, 1.82) is 0 Å². The van der Waals surface area contributed by atoms with Crippen LogP contribution in [0.4, 0.5) is 11.4 Å². The van der Waals surface area contributed by atoms with E-state index in [2.05, 4.69) is 10.6 Å². The molecule has 1 amide bonds. The monoisotopic (exact) mass is 358 g/mol. The van der Waals surface area contributed by atoms with Crippen LogP contribution in [0.15, 0.2) is 48.5 Å². The van der Waals surface area contributed by atoms with E-state index >= 15 is 0 Å². The lowest BCUT2D eigenvalue weighted by atomic mass is 10.3. The van der Waals surface area contributed by atoms with Crippen LogP contribution < -0.4 is 20.1 Å². The van der Waals surface area contributed by atoms with E-state index in [9.17, 15) is 4.79 Å². The SMILES string of the molecule is CCOCCOc1cccc(NC(=O)CNc2ccccc2OCC)c1. The zero-order valence-electron chi connectivity index (χ0n) is 15.3. The molecule has 0 aliphatic rings. The molecule has 0 aliphatic heterocycles. The highest BCUT2D eigenvalue weighted by Crippen LogP contribution is 2.23. The molecule has 0 fully saturated rings. The molecule has 6 heteroatoms. The van der Waals surface area contributed by atoms with Crippen molar-refractivity contribution in [3.63, 3.8) is 0 Å². The van der Waals surface area contributed by atoms with Gasteiger partial charge in [0.2, 0.25) is 5.91 Å². The molecular weight excluding hydrogens is 332 g/mol. The number of amides is 1. The molecule has 0 aliphatic carbocycles. The molecule has 2 aromatic carbocycles. The van der Waals surface area contributed by atoms with E-state index < -0.39 is 0 Å². The lowest BCUT2D eigenvalue weighted by Gasteiger charge is -2.13. The molecule has 0 aromatic heterocycles. The van der Waals surface area contributed by atoms with Gasteiger partial charge in [-0.3, -0.25) is 4.79 Å². The Labute approximate surface area is 154 Å². The van der Waals surface area contributed by atoms with E-state index in [1.54, 1.807) is 6.07 Å². The number of hydrogen-bond acceptors (Lipinski definition) is 5. The van der Waals surface area contributed by atoms with Crippen molar-refractivity contribution in [3.05, 3.63) is 48.5 Å². The van der Waals surface area contributed by atoms with Gasteiger partial charge in [0.05, 0.1) is 25.4 Å². The van der Waals surface area contributed by atoms with Gasteiger partial charge in [-0.05, 0) is 38.1 Å². The normalized spacial score (nSPS) is 10.2. The maximum Gasteiger partial charge on any atom is 0.243 e. The molecule has 26 heavy (non-hydrogen) atoms. The minimum Gasteiger partial charge on any atom is -0.492 e. The third-order valence-corrected chi connectivity index (χ3v) is 3.44. The maximum atomic E-state index is 12.2. The minimum atomic E-state index is -0.150. The Bertz CT molecular complexity index is 691. The Morgan fingerprint density at radius 1 is 0.962 bits per heavy atom. The molecule has 140 valence electrons. The topological polar surface area (TPSA) is 68.8 Å². The maximum absolute atomic E-state index is 12.2. The van der Waals surface area contributed by atoms with Crippen molar-refractivity contribution in [2.24, 2.45) is 0 Å². The molecule has 2 aromatic rings. The van der Waals surface area contributed by atoms with E-state index in [0.29, 0.717) is 37.9 Å². The summed E-state index contributed by atoms with van der Waals surface area (Å²) in [6, 6.07) is 14.8. The van der Waals surface area contributed by atoms with Crippen LogP contribution in [0.5, 0.6) is 11.5 Å². The first-order chi connectivity index (χ1) is 12.7. The summed E-state index contributed by atoms with van der Waals surface area (Å²) in [5, 5.41) is 5.95. The molecule has 0 atom stereocenters. The third-order valence-electron chi connectivity index (χ3n) is 3.44. The molecule has 0 saturated carbocycles. The van der Waals surface area contributed by atoms with Crippen LogP contribution in [0, 0.1) is 0 Å². The van der Waals surface area contributed by atoms with E-state index in [4.69, 9.17) is 14.2 Å². The Morgan fingerprint density at radius 3 is 2.62 bits per heavy atom. The van der Waals surface area contributed by atoms with Gasteiger partial charge in [0.15, 0.2) is 0 Å². The molecule has 0 spiro atoms. The Hall–Kier alpha value is -2.73. The second kappa shape index (κ2) is 11.0. The summed E-state index contributed by atoms with van der Waals surface area (Å²) in [5.74, 6) is 1.27. The summed E-state index contributed by atoms with van der Waals surface area (Å²) in [4.78, 5) is 12.2. The van der Waals surface area contributed by atoms with Gasteiger partial charge in [-0.25, -0.2) is 0 Å². The van der Waals surface area contributed by atoms with E-state index in [0.717, 1.165) is 11.4 Å². The quantitative estimate of drug-likeness (QED) is 0.601. The predicted octanol–water partition coefficient (Wildman–Crippen LogP) is 3.55. The van der Waals surface area contributed by atoms with Gasteiger partial charge < -0.3 is 24.8 Å². The number of hydrogen-bond donors (Lipinski definition) is 2. The smallest absolute Gasteiger partial charge is 0.243 e. The standard InChI is InChI=1S/C20H26N2O4/c1-3-24-12-13-26-17-9-7-8-16(14-17)22-20(23)15-21-18-10-5-6-11-19(18)25-4-2/h5-11,14,21H,3-4,12-13,15H2,1-2H3,(H,22,23). The van der Waals surface area contributed by atoms with Crippen molar-refractivity contribution in [3.8, 4) is 11.5 Å². The van der Waals surface area contributed by atoms with Crippen LogP contribution in [-0.2, 0) is 9.53 Å². The number of nitrogens with one attached hydrogen (secondary N) is 2. The van der Waals surface area contributed by atoms with Gasteiger partial charge in [0.25, 0.3) is 0 Å². The van der Waals surface area contributed by atoms with Crippen molar-refractivity contribution >= 4 is 17.3 Å². The summed E-state index contributed by atoms with van der Waals surface area (Å²) >= 11 is 0. The van der Waals surface area contributed by atoms with Crippen molar-refractivity contribution < 1.29 is 19.0 Å². The largest absolute Gasteiger partial charge is 0.492 e. The van der Waals surface area contributed by atoms with Gasteiger partial charge in [-0.1, -0.05) is 18.2 Å². The fraction of sp³-hybridized carbons (Fsp3) is 0.350. The Balaban J connectivity index is 1.84. The van der Waals surface area contributed by atoms with Crippen LogP contribution in [0.1, 0.15) is 13.8 Å². The molecule has 6 nitrogen and oxygen atoms in total. The minimum absolute atomic E-state index is 0.138. The summed E-state index contributed by atoms with van der Waals surface area (Å²) in [6.07, 6.45) is 0. The highest BCUT2D eigenvalue weighted by molar-refractivity contribution is 5.94. The molecule has 0 bridgehead atoms. The second-order valence-corrected chi connectivity index (χ2v) is 5.40. The van der Waals surface area contributed by atoms with Gasteiger partial charge in [0, 0.05) is 18.4 Å². The molecule has 2 N–H and O–H groups in total. The van der Waals surface area contributed by atoms with E-state index in [1.165, 1.54) is 0 Å². The summed E-state index contributed by atoms with van der Waals surface area (Å²) in [7, 11) is 0. The lowest BCUT2D eigenvalue weighted by Crippen LogP contribution is -2.22. The second-order valence-electron chi connectivity index (χ2n) is 5.40. The van der Waals surface area contributed by atoms with Crippen LogP contribution in [-0.4, -0.2) is 38.9 Å². The lowest BCUT2D eigenvalue weighted by molar-refractivity contribution is -0.114. The Morgan fingerprint density at radius 2 is 1.81 bits per heavy atom. The summed E-state index contributed by atoms with van der Waals surface area (Å²) in [5.41, 5.74) is 1.47. The van der Waals surface area contributed by atoms with Gasteiger partial charge >= 0.3 is 0 Å². The molecule has 0 heterocycles. The number of rotatable bonds is 11. The zero-order chi connectivity index (χ0) is 18.6. The van der Waals surface area contributed by atoms with Crippen LogP contribution >= 0.6 is 0 Å². The van der Waals surface area contributed by atoms with Crippen LogP contribution in [0.3, 0.4) is 0 Å². The average Bonchev–Trinajstić information content (AvgIpc) is 2.65. The zero-order valence-corrected chi connectivity index (χ0v) is 15.3. The van der Waals surface area contributed by atoms with E-state index in [1.807, 2.05) is 56.3 Å². The highest BCUT2D eigenvalue weighted by Gasteiger charge is 2.06. The van der Waals surface area contributed by atoms with Gasteiger partial charge in [-0.2, -0.15) is 0 Å². The number of anilines is 2. The Kier molecular flexibility index (Phi) is 8.29. The molecule has 2 rings (SSSR count). The fourth-order valence-electron chi connectivity index (χ4n) is 2.30. The molecule has 0 radical (unpaired) electrons. The van der Waals surface area contributed by atoms with Crippen LogP contribution in [0.2, 0.25) is 0 Å². The predicted molar refractivity (Wildman–Crippen MR) is 103 cm³/mol. The first-order valence-corrected chi connectivity index (χ1v) is 8.79. The van der Waals surface area contributed by atoms with Gasteiger partial charge in [-0.15, -0.1) is 0 Å². The van der Waals surface area contributed by atoms with Crippen molar-refractivity contribution in [2.45, 2.75) is 13.8 Å².